The van der Waals surface area contributed by atoms with Crippen molar-refractivity contribution in [2.75, 3.05) is 5.75 Å². The quantitative estimate of drug-likeness (QED) is 0.426. The molecule has 206 valence electrons. The summed E-state index contributed by atoms with van der Waals surface area (Å²) in [5.41, 5.74) is -1.87. The van der Waals surface area contributed by atoms with E-state index >= 15 is 0 Å². The molecule has 0 radical (unpaired) electrons. The Labute approximate surface area is 230 Å². The van der Waals surface area contributed by atoms with E-state index in [2.05, 4.69) is 47.6 Å². The Hall–Kier alpha value is -2.07. The summed E-state index contributed by atoms with van der Waals surface area (Å²) >= 11 is 0.979. The Morgan fingerprint density at radius 1 is 1.11 bits per heavy atom. The molecule has 0 spiro atoms. The lowest BCUT2D eigenvalue weighted by atomic mass is 9.47. The van der Waals surface area contributed by atoms with Crippen molar-refractivity contribution in [2.45, 2.75) is 86.2 Å². The van der Waals surface area contributed by atoms with Gasteiger partial charge in [0.2, 0.25) is 5.12 Å². The monoisotopic (exact) mass is 539 g/mol. The van der Waals surface area contributed by atoms with Crippen LogP contribution in [0.4, 0.5) is 0 Å². The number of aliphatic hydroxyl groups excluding tert-OH is 1. The van der Waals surface area contributed by atoms with Gasteiger partial charge in [-0.2, -0.15) is 5.26 Å². The number of nitriles is 1. The van der Waals surface area contributed by atoms with Crippen LogP contribution in [-0.4, -0.2) is 33.3 Å². The number of aliphatic hydroxyl groups is 1. The number of thioether (sulfide) groups is 1. The molecule has 4 fully saturated rings. The predicted molar refractivity (Wildman–Crippen MR) is 146 cm³/mol. The SMILES string of the molecule is C[C@@H]1C[C@H]2[C@@H]3CCC4=CC(=O)C=C(O)[C@]4(C)[C@H]3CC[C@]2(C)[C@@]1(OC(=O)C1C(C)(C)C1(C)C)C(=O)SCC#N. The van der Waals surface area contributed by atoms with Crippen molar-refractivity contribution in [3.8, 4) is 6.07 Å². The van der Waals surface area contributed by atoms with E-state index < -0.39 is 16.4 Å². The number of allylic oxidation sites excluding steroid dienone is 3. The lowest BCUT2D eigenvalue weighted by molar-refractivity contribution is -0.192. The topological polar surface area (TPSA) is 104 Å². The molecule has 0 saturated heterocycles. The highest BCUT2D eigenvalue weighted by Gasteiger charge is 2.75. The van der Waals surface area contributed by atoms with Crippen molar-refractivity contribution < 1.29 is 24.2 Å². The molecule has 5 rings (SSSR count). The van der Waals surface area contributed by atoms with Gasteiger partial charge in [-0.25, -0.2) is 0 Å². The molecule has 4 saturated carbocycles. The Bertz CT molecular complexity index is 1200. The summed E-state index contributed by atoms with van der Waals surface area (Å²) < 4.78 is 6.55. The molecular weight excluding hydrogens is 498 g/mol. The zero-order valence-corrected chi connectivity index (χ0v) is 24.5. The number of esters is 1. The number of ketones is 1. The predicted octanol–water partition coefficient (Wildman–Crippen LogP) is 6.17. The maximum Gasteiger partial charge on any atom is 0.311 e. The van der Waals surface area contributed by atoms with Gasteiger partial charge >= 0.3 is 5.97 Å². The van der Waals surface area contributed by atoms with Crippen LogP contribution in [0.1, 0.15) is 80.6 Å². The van der Waals surface area contributed by atoms with Crippen LogP contribution < -0.4 is 0 Å². The van der Waals surface area contributed by atoms with E-state index in [1.54, 1.807) is 6.08 Å². The minimum atomic E-state index is -1.30. The van der Waals surface area contributed by atoms with Gasteiger partial charge in [-0.3, -0.25) is 14.4 Å². The number of nitrogens with zero attached hydrogens (tertiary/aromatic N) is 1. The van der Waals surface area contributed by atoms with Gasteiger partial charge in [0.1, 0.15) is 5.76 Å². The Kier molecular flexibility index (Phi) is 6.12. The number of fused-ring (bicyclic) bond motifs is 5. The van der Waals surface area contributed by atoms with Gasteiger partial charge in [0.25, 0.3) is 0 Å². The molecule has 0 heterocycles. The molecule has 5 aliphatic carbocycles. The second-order valence-electron chi connectivity index (χ2n) is 14.1. The fourth-order valence-electron chi connectivity index (χ4n) is 9.53. The summed E-state index contributed by atoms with van der Waals surface area (Å²) in [5, 5.41) is 20.1. The fourth-order valence-corrected chi connectivity index (χ4v) is 10.4. The number of carbonyl (C=O) groups is 3. The van der Waals surface area contributed by atoms with Crippen LogP contribution in [-0.2, 0) is 19.1 Å². The van der Waals surface area contributed by atoms with Crippen LogP contribution in [0.5, 0.6) is 0 Å². The lowest BCUT2D eigenvalue weighted by Gasteiger charge is -2.58. The van der Waals surface area contributed by atoms with Crippen molar-refractivity contribution >= 4 is 28.6 Å². The third kappa shape index (κ3) is 3.28. The largest absolute Gasteiger partial charge is 0.511 e. The van der Waals surface area contributed by atoms with Gasteiger partial charge in [-0.15, -0.1) is 0 Å². The van der Waals surface area contributed by atoms with E-state index in [0.717, 1.165) is 43.0 Å². The van der Waals surface area contributed by atoms with Gasteiger partial charge in [0.05, 0.1) is 17.7 Å². The van der Waals surface area contributed by atoms with Crippen LogP contribution >= 0.6 is 11.8 Å². The molecule has 38 heavy (non-hydrogen) atoms. The third-order valence-electron chi connectivity index (χ3n) is 12.3. The standard InChI is InChI=1S/C31H41NO5S/c1-17-14-22-20-9-8-18-15-19(33)16-23(34)30(18,7)21(20)10-11-29(22,6)31(17,26(36)38-13-12-32)37-25(35)24-27(2,3)28(24,4)5/h15-17,20-22,24,34H,8-11,13-14H2,1-7H3/t17-,20-,21+,22+,29+,30+,31+/m1/s1. The molecule has 6 nitrogen and oxygen atoms in total. The molecule has 7 atom stereocenters. The first kappa shape index (κ1) is 27.5. The first-order valence-corrected chi connectivity index (χ1v) is 15.0. The first-order chi connectivity index (χ1) is 17.6. The lowest BCUT2D eigenvalue weighted by Crippen LogP contribution is -2.60. The Balaban J connectivity index is 1.54. The summed E-state index contributed by atoms with van der Waals surface area (Å²) in [7, 11) is 0. The van der Waals surface area contributed by atoms with Crippen molar-refractivity contribution in [3.63, 3.8) is 0 Å². The molecule has 5 aliphatic rings. The maximum absolute atomic E-state index is 14.1. The summed E-state index contributed by atoms with van der Waals surface area (Å²) in [5.74, 6) is -0.246. The average Bonchev–Trinajstić information content (AvgIpc) is 3.12. The van der Waals surface area contributed by atoms with Gasteiger partial charge in [0, 0.05) is 22.8 Å². The third-order valence-corrected chi connectivity index (χ3v) is 13.2. The van der Waals surface area contributed by atoms with E-state index in [4.69, 9.17) is 4.74 Å². The van der Waals surface area contributed by atoms with E-state index in [1.807, 2.05) is 6.92 Å². The summed E-state index contributed by atoms with van der Waals surface area (Å²) in [6.45, 7) is 14.5. The van der Waals surface area contributed by atoms with Crippen molar-refractivity contribution in [1.82, 2.24) is 0 Å². The number of carbonyl (C=O) groups excluding carboxylic acids is 3. The van der Waals surface area contributed by atoms with E-state index in [9.17, 15) is 24.8 Å². The molecule has 0 aliphatic heterocycles. The van der Waals surface area contributed by atoms with Crippen molar-refractivity contribution in [3.05, 3.63) is 23.5 Å². The zero-order valence-electron chi connectivity index (χ0n) is 23.7. The zero-order chi connectivity index (χ0) is 28.1. The van der Waals surface area contributed by atoms with Gasteiger partial charge in [-0.05, 0) is 73.7 Å². The minimum absolute atomic E-state index is 0.0248. The number of ether oxygens (including phenoxy) is 1. The average molecular weight is 540 g/mol. The van der Waals surface area contributed by atoms with Gasteiger partial charge < -0.3 is 9.84 Å². The minimum Gasteiger partial charge on any atom is -0.511 e. The number of rotatable bonds is 4. The molecule has 0 unspecified atom stereocenters. The second-order valence-corrected chi connectivity index (χ2v) is 15.0. The smallest absolute Gasteiger partial charge is 0.311 e. The normalized spacial score (nSPS) is 42.5. The van der Waals surface area contributed by atoms with Crippen molar-refractivity contribution in [2.24, 2.45) is 51.2 Å². The highest BCUT2D eigenvalue weighted by molar-refractivity contribution is 8.14. The van der Waals surface area contributed by atoms with Crippen LogP contribution in [0.15, 0.2) is 23.5 Å². The Morgan fingerprint density at radius 2 is 1.76 bits per heavy atom. The summed E-state index contributed by atoms with van der Waals surface area (Å²) in [4.78, 5) is 40.1. The fraction of sp³-hybridized carbons (Fsp3) is 0.742. The van der Waals surface area contributed by atoms with Crippen molar-refractivity contribution in [1.29, 1.82) is 5.26 Å². The second kappa shape index (κ2) is 8.46. The molecule has 0 bridgehead atoms. The summed E-state index contributed by atoms with van der Waals surface area (Å²) in [6, 6.07) is 2.08. The van der Waals surface area contributed by atoms with Crippen LogP contribution in [0.3, 0.4) is 0 Å². The summed E-state index contributed by atoms with van der Waals surface area (Å²) in [6.07, 6.45) is 6.87. The van der Waals surface area contributed by atoms with Crippen LogP contribution in [0, 0.1) is 62.6 Å². The van der Waals surface area contributed by atoms with Crippen LogP contribution in [0.25, 0.3) is 0 Å². The molecule has 0 aromatic heterocycles. The highest BCUT2D eigenvalue weighted by atomic mass is 32.2. The molecule has 0 aromatic carbocycles. The Morgan fingerprint density at radius 3 is 2.37 bits per heavy atom. The molecule has 1 N–H and O–H groups in total. The maximum atomic E-state index is 14.1. The molecule has 7 heteroatoms. The molecule has 0 aromatic rings. The number of hydrogen-bond donors (Lipinski definition) is 1. The number of hydrogen-bond acceptors (Lipinski definition) is 7. The van der Waals surface area contributed by atoms with E-state index in [1.165, 1.54) is 6.08 Å². The molecular formula is C31H41NO5S. The van der Waals surface area contributed by atoms with Gasteiger partial charge in [0.15, 0.2) is 11.4 Å². The van der Waals surface area contributed by atoms with E-state index in [0.29, 0.717) is 6.42 Å². The van der Waals surface area contributed by atoms with Gasteiger partial charge in [-0.1, -0.05) is 58.9 Å². The van der Waals surface area contributed by atoms with Crippen LogP contribution in [0.2, 0.25) is 0 Å². The van der Waals surface area contributed by atoms with E-state index in [-0.39, 0.29) is 68.8 Å². The first-order valence-electron chi connectivity index (χ1n) is 14.0. The molecule has 0 amide bonds. The highest BCUT2D eigenvalue weighted by Crippen LogP contribution is 2.72.